The third-order valence-electron chi connectivity index (χ3n) is 7.44. The number of carbonyl (C=O) groups is 3. The van der Waals surface area contributed by atoms with Gasteiger partial charge in [-0.25, -0.2) is 0 Å². The van der Waals surface area contributed by atoms with E-state index >= 15 is 0 Å². The number of Topliss-reactive ketones (excluding diaryl/α,β-unsaturated/α-hetero) is 2. The fourth-order valence-corrected chi connectivity index (χ4v) is 7.04. The quantitative estimate of drug-likeness (QED) is 0.231. The van der Waals surface area contributed by atoms with E-state index in [0.717, 1.165) is 12.2 Å². The molecule has 3 aliphatic rings. The number of thioether (sulfide) groups is 1. The Hall–Kier alpha value is -2.86. The number of hydrogen-bond acceptors (Lipinski definition) is 10. The van der Waals surface area contributed by atoms with Gasteiger partial charge in [0.15, 0.2) is 11.4 Å². The van der Waals surface area contributed by atoms with Crippen LogP contribution in [0.1, 0.15) is 30.4 Å². The monoisotopic (exact) mass is 518 g/mol. The molecule has 0 aliphatic heterocycles. The minimum Gasteiger partial charge on any atom is -0.508 e. The van der Waals surface area contributed by atoms with Crippen LogP contribution >= 0.6 is 11.8 Å². The molecule has 1 aromatic carbocycles. The normalized spacial score (nSPS) is 31.9. The highest BCUT2D eigenvalue weighted by Gasteiger charge is 2.68. The lowest BCUT2D eigenvalue weighted by Gasteiger charge is -2.54. The highest BCUT2D eigenvalue weighted by molar-refractivity contribution is 7.99. The molecule has 36 heavy (non-hydrogen) atoms. The van der Waals surface area contributed by atoms with E-state index in [2.05, 4.69) is 0 Å². The summed E-state index contributed by atoms with van der Waals surface area (Å²) in [6, 6.07) is 3.26. The van der Waals surface area contributed by atoms with E-state index in [1.54, 1.807) is 23.9 Å². The Morgan fingerprint density at radius 3 is 2.44 bits per heavy atom. The molecular formula is C25H30N2O8S. The van der Waals surface area contributed by atoms with Crippen LogP contribution in [0, 0.1) is 11.8 Å². The number of rotatable bonds is 6. The number of hydrogen-bond donors (Lipinski definition) is 6. The van der Waals surface area contributed by atoms with Crippen LogP contribution < -0.4 is 5.73 Å². The Kier molecular flexibility index (Phi) is 6.71. The number of aliphatic hydroxyl groups excluding tert-OH is 3. The van der Waals surface area contributed by atoms with Gasteiger partial charge in [-0.1, -0.05) is 19.1 Å². The lowest BCUT2D eigenvalue weighted by atomic mass is 9.54. The standard InChI is InChI=1S/C25H30N2O8S/c1-4-8-36-9-11-10-6-5-7-12(28)13(10)19(29)15-14(11)20(30)17-18(27(2)3)21(31)16(24(26)34)23(33)25(17,35)22(15)32/h5-7,11,14,17-18,20,28-30,33,35H,4,8-9H2,1-3H3,(H2,26,34)/t11-,14+,17+,18-,20-,25-/m0/s1. The second kappa shape index (κ2) is 9.22. The van der Waals surface area contributed by atoms with Crippen molar-refractivity contribution in [1.29, 1.82) is 0 Å². The van der Waals surface area contributed by atoms with E-state index in [0.29, 0.717) is 11.3 Å². The molecular weight excluding hydrogens is 488 g/mol. The summed E-state index contributed by atoms with van der Waals surface area (Å²) in [6.07, 6.45) is -0.723. The fraction of sp³-hybridized carbons (Fsp3) is 0.480. The molecule has 194 valence electrons. The number of likely N-dealkylation sites (N-methyl/N-ethyl adjacent to an activating group) is 1. The summed E-state index contributed by atoms with van der Waals surface area (Å²) >= 11 is 1.56. The van der Waals surface area contributed by atoms with Crippen LogP contribution in [0.4, 0.5) is 0 Å². The zero-order valence-electron chi connectivity index (χ0n) is 20.1. The number of carbonyl (C=O) groups excluding carboxylic acids is 3. The van der Waals surface area contributed by atoms with Crippen molar-refractivity contribution in [3.63, 3.8) is 0 Å². The number of amides is 1. The molecule has 1 aromatic rings. The van der Waals surface area contributed by atoms with Crippen LogP contribution in [-0.4, -0.2) is 91.3 Å². The number of aliphatic hydroxyl groups is 4. The molecule has 11 heteroatoms. The predicted molar refractivity (Wildman–Crippen MR) is 132 cm³/mol. The van der Waals surface area contributed by atoms with Crippen molar-refractivity contribution in [3.05, 3.63) is 46.2 Å². The van der Waals surface area contributed by atoms with Gasteiger partial charge >= 0.3 is 0 Å². The van der Waals surface area contributed by atoms with Gasteiger partial charge in [0.1, 0.15) is 22.8 Å². The molecule has 3 aliphatic carbocycles. The molecule has 0 spiro atoms. The Balaban J connectivity index is 2.02. The van der Waals surface area contributed by atoms with Gasteiger partial charge in [-0.2, -0.15) is 11.8 Å². The van der Waals surface area contributed by atoms with Crippen molar-refractivity contribution in [2.24, 2.45) is 17.6 Å². The Bertz CT molecular complexity index is 1210. The average molecular weight is 519 g/mol. The number of nitrogens with two attached hydrogens (primary N) is 1. The number of phenolic OH excluding ortho intramolecular Hbond substituents is 1. The smallest absolute Gasteiger partial charge is 0.255 e. The maximum absolute atomic E-state index is 14.0. The van der Waals surface area contributed by atoms with Gasteiger partial charge in [0.25, 0.3) is 5.91 Å². The number of benzene rings is 1. The molecule has 1 saturated carbocycles. The van der Waals surface area contributed by atoms with Gasteiger partial charge in [0.2, 0.25) is 5.78 Å². The van der Waals surface area contributed by atoms with E-state index < -0.39 is 70.1 Å². The maximum atomic E-state index is 14.0. The topological polar surface area (TPSA) is 182 Å². The van der Waals surface area contributed by atoms with Gasteiger partial charge in [-0.3, -0.25) is 19.3 Å². The molecule has 0 bridgehead atoms. The first-order chi connectivity index (χ1) is 16.9. The molecule has 10 nitrogen and oxygen atoms in total. The van der Waals surface area contributed by atoms with E-state index in [9.17, 15) is 39.9 Å². The first-order valence-electron chi connectivity index (χ1n) is 11.6. The summed E-state index contributed by atoms with van der Waals surface area (Å²) in [5.74, 6) is -7.57. The molecule has 0 heterocycles. The van der Waals surface area contributed by atoms with Crippen molar-refractivity contribution in [2.45, 2.75) is 37.0 Å². The summed E-state index contributed by atoms with van der Waals surface area (Å²) in [7, 11) is 2.96. The predicted octanol–water partition coefficient (Wildman–Crippen LogP) is 0.619. The van der Waals surface area contributed by atoms with Gasteiger partial charge in [-0.05, 0) is 37.9 Å². The zero-order valence-corrected chi connectivity index (χ0v) is 21.0. The number of fused-ring (bicyclic) bond motifs is 3. The maximum Gasteiger partial charge on any atom is 0.255 e. The molecule has 6 atom stereocenters. The van der Waals surface area contributed by atoms with E-state index in [1.165, 1.54) is 25.1 Å². The SMILES string of the molecule is CCCSC[C@H]1c2cccc(O)c2C(O)=C2C(=O)[C@]3(O)C(O)=C(C(N)=O)C(=O)[C@@H](N(C)C)[C@@H]3[C@@H](O)[C@@H]21. The summed E-state index contributed by atoms with van der Waals surface area (Å²) in [5.41, 5.74) is 1.63. The Labute approximate surface area is 212 Å². The van der Waals surface area contributed by atoms with Crippen molar-refractivity contribution in [1.82, 2.24) is 4.90 Å². The van der Waals surface area contributed by atoms with Crippen LogP contribution in [0.2, 0.25) is 0 Å². The van der Waals surface area contributed by atoms with E-state index in [4.69, 9.17) is 5.73 Å². The van der Waals surface area contributed by atoms with Crippen molar-refractivity contribution in [3.8, 4) is 5.75 Å². The second-order valence-electron chi connectivity index (χ2n) is 9.68. The van der Waals surface area contributed by atoms with Gasteiger partial charge in [0.05, 0.1) is 23.6 Å². The van der Waals surface area contributed by atoms with Crippen LogP contribution in [0.25, 0.3) is 5.76 Å². The number of ketones is 2. The first-order valence-corrected chi connectivity index (χ1v) is 12.8. The fourth-order valence-electron chi connectivity index (χ4n) is 5.95. The molecule has 0 aromatic heterocycles. The average Bonchev–Trinajstić information content (AvgIpc) is 2.80. The van der Waals surface area contributed by atoms with Gasteiger partial charge in [-0.15, -0.1) is 0 Å². The number of nitrogens with zero attached hydrogens (tertiary/aromatic N) is 1. The first kappa shape index (κ1) is 26.2. The largest absolute Gasteiger partial charge is 0.508 e. The third kappa shape index (κ3) is 3.48. The van der Waals surface area contributed by atoms with Gasteiger partial charge < -0.3 is 31.3 Å². The summed E-state index contributed by atoms with van der Waals surface area (Å²) in [6.45, 7) is 2.00. The molecule has 0 unspecified atom stereocenters. The summed E-state index contributed by atoms with van der Waals surface area (Å²) < 4.78 is 0. The van der Waals surface area contributed by atoms with Crippen LogP contribution in [0.15, 0.2) is 35.1 Å². The third-order valence-corrected chi connectivity index (χ3v) is 8.74. The number of primary amides is 1. The Morgan fingerprint density at radius 2 is 1.86 bits per heavy atom. The molecule has 1 amide bonds. The summed E-state index contributed by atoms with van der Waals surface area (Å²) in [5, 5.41) is 56.1. The number of phenols is 1. The molecule has 0 saturated heterocycles. The minimum atomic E-state index is -2.91. The highest BCUT2D eigenvalue weighted by Crippen LogP contribution is 2.56. The minimum absolute atomic E-state index is 0.00286. The lowest BCUT2D eigenvalue weighted by Crippen LogP contribution is -2.70. The Morgan fingerprint density at radius 1 is 1.19 bits per heavy atom. The molecule has 1 fully saturated rings. The molecule has 0 radical (unpaired) electrons. The van der Waals surface area contributed by atoms with E-state index in [1.807, 2.05) is 6.92 Å². The van der Waals surface area contributed by atoms with Crippen molar-refractivity contribution in [2.75, 3.05) is 25.6 Å². The number of aromatic hydroxyl groups is 1. The van der Waals surface area contributed by atoms with Gasteiger partial charge in [0, 0.05) is 23.2 Å². The van der Waals surface area contributed by atoms with Crippen LogP contribution in [-0.2, 0) is 14.4 Å². The highest BCUT2D eigenvalue weighted by atomic mass is 32.2. The summed E-state index contributed by atoms with van der Waals surface area (Å²) in [4.78, 5) is 40.6. The van der Waals surface area contributed by atoms with Crippen LogP contribution in [0.5, 0.6) is 5.75 Å². The molecule has 4 rings (SSSR count). The second-order valence-corrected chi connectivity index (χ2v) is 10.8. The molecule has 7 N–H and O–H groups in total. The van der Waals surface area contributed by atoms with Crippen molar-refractivity contribution < 1.29 is 39.9 Å². The van der Waals surface area contributed by atoms with Crippen LogP contribution in [0.3, 0.4) is 0 Å². The van der Waals surface area contributed by atoms with E-state index in [-0.39, 0.29) is 16.9 Å². The van der Waals surface area contributed by atoms with Crippen molar-refractivity contribution >= 4 is 35.0 Å². The lowest BCUT2D eigenvalue weighted by molar-refractivity contribution is -0.169. The zero-order chi connectivity index (χ0) is 26.7.